The second-order valence-corrected chi connectivity index (χ2v) is 4.59. The van der Waals surface area contributed by atoms with Crippen molar-refractivity contribution < 1.29 is 4.42 Å². The summed E-state index contributed by atoms with van der Waals surface area (Å²) in [4.78, 5) is 8.72. The Morgan fingerprint density at radius 3 is 3.22 bits per heavy atom. The zero-order chi connectivity index (χ0) is 12.4. The summed E-state index contributed by atoms with van der Waals surface area (Å²) >= 11 is 0. The normalized spacial score (nSPS) is 17.9. The molecule has 0 amide bonds. The van der Waals surface area contributed by atoms with Gasteiger partial charge >= 0.3 is 0 Å². The molecule has 0 saturated carbocycles. The van der Waals surface area contributed by atoms with Crippen molar-refractivity contribution in [3.05, 3.63) is 47.4 Å². The van der Waals surface area contributed by atoms with E-state index < -0.39 is 0 Å². The van der Waals surface area contributed by atoms with E-state index in [0.717, 1.165) is 30.9 Å². The molecule has 4 heteroatoms. The molecule has 1 unspecified atom stereocenters. The van der Waals surface area contributed by atoms with Gasteiger partial charge in [-0.2, -0.15) is 0 Å². The Morgan fingerprint density at radius 1 is 1.44 bits per heavy atom. The molecular formula is C14H17N3O. The summed E-state index contributed by atoms with van der Waals surface area (Å²) in [7, 11) is 0. The lowest BCUT2D eigenvalue weighted by molar-refractivity contribution is 0.414. The van der Waals surface area contributed by atoms with Crippen LogP contribution in [0, 0.1) is 0 Å². The third-order valence-electron chi connectivity index (χ3n) is 3.41. The molecule has 1 aliphatic rings. The topological polar surface area (TPSA) is 51.0 Å². The highest BCUT2D eigenvalue weighted by atomic mass is 16.4. The fourth-order valence-corrected chi connectivity index (χ4v) is 2.41. The van der Waals surface area contributed by atoms with Crippen LogP contribution in [-0.2, 0) is 19.4 Å². The Labute approximate surface area is 106 Å². The van der Waals surface area contributed by atoms with Crippen molar-refractivity contribution in [3.63, 3.8) is 0 Å². The van der Waals surface area contributed by atoms with E-state index in [1.54, 1.807) is 6.20 Å². The van der Waals surface area contributed by atoms with Crippen molar-refractivity contribution in [3.8, 4) is 0 Å². The quantitative estimate of drug-likeness (QED) is 0.896. The lowest BCUT2D eigenvalue weighted by Crippen LogP contribution is -2.19. The van der Waals surface area contributed by atoms with Gasteiger partial charge in [-0.3, -0.25) is 4.98 Å². The number of aryl methyl sites for hydroxylation is 2. The highest BCUT2D eigenvalue weighted by molar-refractivity contribution is 5.27. The van der Waals surface area contributed by atoms with E-state index in [9.17, 15) is 0 Å². The molecule has 18 heavy (non-hydrogen) atoms. The molecule has 0 saturated heterocycles. The minimum absolute atomic E-state index is 0.332. The van der Waals surface area contributed by atoms with Crippen LogP contribution in [0.3, 0.4) is 0 Å². The minimum Gasteiger partial charge on any atom is -0.444 e. The van der Waals surface area contributed by atoms with Gasteiger partial charge in [0.25, 0.3) is 0 Å². The van der Waals surface area contributed by atoms with Crippen LogP contribution in [0.5, 0.6) is 0 Å². The molecule has 3 rings (SSSR count). The van der Waals surface area contributed by atoms with E-state index in [1.807, 2.05) is 12.3 Å². The first-order chi connectivity index (χ1) is 8.86. The second-order valence-electron chi connectivity index (χ2n) is 4.59. The van der Waals surface area contributed by atoms with Gasteiger partial charge in [0.15, 0.2) is 0 Å². The van der Waals surface area contributed by atoms with Crippen LogP contribution in [0.25, 0.3) is 0 Å². The monoisotopic (exact) mass is 243 g/mol. The molecule has 0 spiro atoms. The number of nitrogens with zero attached hydrogens (tertiary/aromatic N) is 2. The third-order valence-corrected chi connectivity index (χ3v) is 3.41. The number of aromatic nitrogens is 2. The Bertz CT molecular complexity index is 535. The maximum Gasteiger partial charge on any atom is 0.208 e. The van der Waals surface area contributed by atoms with Gasteiger partial charge in [-0.25, -0.2) is 4.98 Å². The number of fused-ring (bicyclic) bond motifs is 1. The molecule has 0 aromatic carbocycles. The van der Waals surface area contributed by atoms with E-state index in [-0.39, 0.29) is 0 Å². The highest BCUT2D eigenvalue weighted by Gasteiger charge is 2.23. The fraction of sp³-hybridized carbons (Fsp3) is 0.429. The van der Waals surface area contributed by atoms with E-state index in [1.165, 1.54) is 11.3 Å². The predicted octanol–water partition coefficient (Wildman–Crippen LogP) is 2.41. The lowest BCUT2D eigenvalue weighted by Gasteiger charge is -2.11. The molecule has 2 heterocycles. The lowest BCUT2D eigenvalue weighted by atomic mass is 10.2. The third kappa shape index (κ3) is 2.16. The van der Waals surface area contributed by atoms with Crippen molar-refractivity contribution in [2.24, 2.45) is 0 Å². The largest absolute Gasteiger partial charge is 0.444 e. The summed E-state index contributed by atoms with van der Waals surface area (Å²) in [6.45, 7) is 2.73. The summed E-state index contributed by atoms with van der Waals surface area (Å²) < 4.78 is 5.59. The SMILES string of the molecule is CCc1cnc(CNC2CCc3cccnc32)o1. The van der Waals surface area contributed by atoms with Crippen LogP contribution in [0.2, 0.25) is 0 Å². The zero-order valence-corrected chi connectivity index (χ0v) is 10.5. The number of rotatable bonds is 4. The second kappa shape index (κ2) is 4.90. The number of nitrogens with one attached hydrogen (secondary N) is 1. The van der Waals surface area contributed by atoms with Crippen molar-refractivity contribution in [2.75, 3.05) is 0 Å². The first-order valence-corrected chi connectivity index (χ1v) is 6.47. The Hall–Kier alpha value is -1.68. The summed E-state index contributed by atoms with van der Waals surface area (Å²) in [6.07, 6.45) is 6.76. The van der Waals surface area contributed by atoms with Crippen LogP contribution < -0.4 is 5.32 Å². The Morgan fingerprint density at radius 2 is 2.39 bits per heavy atom. The van der Waals surface area contributed by atoms with Crippen molar-refractivity contribution in [1.82, 2.24) is 15.3 Å². The average Bonchev–Trinajstić information content (AvgIpc) is 3.03. The molecular weight excluding hydrogens is 226 g/mol. The van der Waals surface area contributed by atoms with E-state index >= 15 is 0 Å². The number of oxazole rings is 1. The molecule has 1 N–H and O–H groups in total. The van der Waals surface area contributed by atoms with Crippen molar-refractivity contribution >= 4 is 0 Å². The smallest absolute Gasteiger partial charge is 0.208 e. The maximum atomic E-state index is 5.59. The molecule has 1 atom stereocenters. The number of hydrogen-bond acceptors (Lipinski definition) is 4. The van der Waals surface area contributed by atoms with Crippen LogP contribution >= 0.6 is 0 Å². The maximum absolute atomic E-state index is 5.59. The molecule has 1 aliphatic carbocycles. The summed E-state index contributed by atoms with van der Waals surface area (Å²) in [5.74, 6) is 1.70. The van der Waals surface area contributed by atoms with Crippen LogP contribution in [0.1, 0.15) is 42.3 Å². The van der Waals surface area contributed by atoms with Gasteiger partial charge in [-0.15, -0.1) is 0 Å². The van der Waals surface area contributed by atoms with Crippen LogP contribution in [-0.4, -0.2) is 9.97 Å². The molecule has 2 aromatic rings. The van der Waals surface area contributed by atoms with Gasteiger partial charge in [0.1, 0.15) is 5.76 Å². The predicted molar refractivity (Wildman–Crippen MR) is 68.0 cm³/mol. The van der Waals surface area contributed by atoms with E-state index in [2.05, 4.69) is 28.3 Å². The fourth-order valence-electron chi connectivity index (χ4n) is 2.41. The Balaban J connectivity index is 1.65. The Kier molecular flexibility index (Phi) is 3.11. The van der Waals surface area contributed by atoms with Gasteiger partial charge < -0.3 is 9.73 Å². The molecule has 0 radical (unpaired) electrons. The number of hydrogen-bond donors (Lipinski definition) is 1. The first-order valence-electron chi connectivity index (χ1n) is 6.47. The van der Waals surface area contributed by atoms with E-state index in [4.69, 9.17) is 4.42 Å². The van der Waals surface area contributed by atoms with Crippen molar-refractivity contribution in [1.29, 1.82) is 0 Å². The van der Waals surface area contributed by atoms with Gasteiger partial charge in [0.05, 0.1) is 24.5 Å². The van der Waals surface area contributed by atoms with Gasteiger partial charge in [0.2, 0.25) is 5.89 Å². The molecule has 94 valence electrons. The van der Waals surface area contributed by atoms with Crippen LogP contribution in [0.15, 0.2) is 28.9 Å². The van der Waals surface area contributed by atoms with Crippen LogP contribution in [0.4, 0.5) is 0 Å². The molecule has 0 bridgehead atoms. The van der Waals surface area contributed by atoms with Gasteiger partial charge in [-0.05, 0) is 24.5 Å². The first kappa shape index (κ1) is 11.4. The molecule has 2 aromatic heterocycles. The molecule has 0 aliphatic heterocycles. The van der Waals surface area contributed by atoms with Gasteiger partial charge in [0, 0.05) is 12.6 Å². The zero-order valence-electron chi connectivity index (χ0n) is 10.5. The van der Waals surface area contributed by atoms with Gasteiger partial charge in [-0.1, -0.05) is 13.0 Å². The van der Waals surface area contributed by atoms with E-state index in [0.29, 0.717) is 12.6 Å². The summed E-state index contributed by atoms with van der Waals surface area (Å²) in [5, 5.41) is 3.47. The molecule has 0 fully saturated rings. The summed E-state index contributed by atoms with van der Waals surface area (Å²) in [6, 6.07) is 4.49. The average molecular weight is 243 g/mol. The number of pyridine rings is 1. The van der Waals surface area contributed by atoms with Crippen molar-refractivity contribution in [2.45, 2.75) is 38.8 Å². The summed E-state index contributed by atoms with van der Waals surface area (Å²) in [5.41, 5.74) is 2.54. The standard InChI is InChI=1S/C14H17N3O/c1-2-11-8-17-13(18-11)9-16-12-6-5-10-4-3-7-15-14(10)12/h3-4,7-8,12,16H,2,5-6,9H2,1H3. The molecule has 4 nitrogen and oxygen atoms in total. The highest BCUT2D eigenvalue weighted by Crippen LogP contribution is 2.28. The minimum atomic E-state index is 0.332.